The fourth-order valence-corrected chi connectivity index (χ4v) is 3.25. The largest absolute Gasteiger partial charge is 0.343 e. The fourth-order valence-electron chi connectivity index (χ4n) is 2.48. The summed E-state index contributed by atoms with van der Waals surface area (Å²) in [6.07, 6.45) is 0. The number of carbonyl (C=O) groups excluding carboxylic acids is 3. The van der Waals surface area contributed by atoms with Gasteiger partial charge in [-0.25, -0.2) is 4.79 Å². The van der Waals surface area contributed by atoms with E-state index < -0.39 is 17.8 Å². The normalized spacial score (nSPS) is 13.2. The Hall–Kier alpha value is -2.60. The first-order chi connectivity index (χ1) is 11.5. The van der Waals surface area contributed by atoms with Gasteiger partial charge >= 0.3 is 5.97 Å². The molecule has 0 N–H and O–H groups in total. The lowest BCUT2D eigenvalue weighted by atomic mass is 10.1. The van der Waals surface area contributed by atoms with E-state index in [9.17, 15) is 14.4 Å². The number of aryl methyl sites for hydroxylation is 2. The highest BCUT2D eigenvalue weighted by Gasteiger charge is 2.38. The second-order valence-electron chi connectivity index (χ2n) is 5.47. The van der Waals surface area contributed by atoms with Gasteiger partial charge in [-0.3, -0.25) is 9.59 Å². The van der Waals surface area contributed by atoms with Crippen molar-refractivity contribution < 1.29 is 19.2 Å². The third kappa shape index (κ3) is 3.05. The summed E-state index contributed by atoms with van der Waals surface area (Å²) in [5, 5.41) is 0.537. The number of amides is 2. The molecule has 0 atom stereocenters. The van der Waals surface area contributed by atoms with Crippen LogP contribution in [0.15, 0.2) is 47.4 Å². The average Bonchev–Trinajstić information content (AvgIpc) is 2.79. The van der Waals surface area contributed by atoms with Gasteiger partial charge in [-0.15, -0.1) is 11.8 Å². The van der Waals surface area contributed by atoms with E-state index in [2.05, 4.69) is 0 Å². The molecule has 6 heteroatoms. The van der Waals surface area contributed by atoms with E-state index in [1.54, 1.807) is 12.1 Å². The van der Waals surface area contributed by atoms with E-state index in [4.69, 9.17) is 4.84 Å². The zero-order chi connectivity index (χ0) is 17.3. The summed E-state index contributed by atoms with van der Waals surface area (Å²) < 4.78 is 0. The highest BCUT2D eigenvalue weighted by Crippen LogP contribution is 2.25. The highest BCUT2D eigenvalue weighted by molar-refractivity contribution is 8.00. The third-order valence-electron chi connectivity index (χ3n) is 3.63. The van der Waals surface area contributed by atoms with Crippen LogP contribution in [0, 0.1) is 13.8 Å². The molecule has 122 valence electrons. The van der Waals surface area contributed by atoms with Gasteiger partial charge in [0, 0.05) is 4.90 Å². The number of imide groups is 1. The Balaban J connectivity index is 1.64. The average molecular weight is 341 g/mol. The lowest BCUT2D eigenvalue weighted by Crippen LogP contribution is -2.33. The fraction of sp³-hybridized carbons (Fsp3) is 0.167. The Morgan fingerprint density at radius 1 is 1.04 bits per heavy atom. The van der Waals surface area contributed by atoms with Crippen LogP contribution in [0.25, 0.3) is 0 Å². The molecule has 0 fully saturated rings. The lowest BCUT2D eigenvalue weighted by Gasteiger charge is -2.13. The highest BCUT2D eigenvalue weighted by atomic mass is 32.2. The van der Waals surface area contributed by atoms with Crippen molar-refractivity contribution in [1.82, 2.24) is 5.06 Å². The van der Waals surface area contributed by atoms with Crippen LogP contribution in [0.4, 0.5) is 0 Å². The summed E-state index contributed by atoms with van der Waals surface area (Å²) in [4.78, 5) is 42.2. The molecular formula is C18H15NO4S. The van der Waals surface area contributed by atoms with Crippen LogP contribution in [0.2, 0.25) is 0 Å². The summed E-state index contributed by atoms with van der Waals surface area (Å²) in [7, 11) is 0. The van der Waals surface area contributed by atoms with E-state index in [1.807, 2.05) is 32.0 Å². The smallest absolute Gasteiger partial charge is 0.329 e. The minimum atomic E-state index is -0.644. The van der Waals surface area contributed by atoms with Crippen molar-refractivity contribution in [1.29, 1.82) is 0 Å². The van der Waals surface area contributed by atoms with Crippen LogP contribution in [0.3, 0.4) is 0 Å². The molecule has 5 nitrogen and oxygen atoms in total. The predicted octanol–water partition coefficient (Wildman–Crippen LogP) is 3.15. The molecule has 0 saturated heterocycles. The van der Waals surface area contributed by atoms with Crippen molar-refractivity contribution in [3.05, 3.63) is 64.7 Å². The van der Waals surface area contributed by atoms with Crippen LogP contribution < -0.4 is 0 Å². The van der Waals surface area contributed by atoms with Gasteiger partial charge < -0.3 is 4.84 Å². The molecule has 1 aliphatic heterocycles. The van der Waals surface area contributed by atoms with Crippen molar-refractivity contribution >= 4 is 29.5 Å². The van der Waals surface area contributed by atoms with E-state index in [0.29, 0.717) is 5.06 Å². The molecule has 0 aromatic heterocycles. The molecule has 3 rings (SSSR count). The molecule has 0 aliphatic carbocycles. The standard InChI is InChI=1S/C18H15NO4S/c1-11-7-8-15(12(2)9-11)24-10-16(20)23-19-17(21)13-5-3-4-6-14(13)18(19)22/h3-9H,10H2,1-2H3. The first-order valence-corrected chi connectivity index (χ1v) is 8.34. The number of nitrogens with zero attached hydrogens (tertiary/aromatic N) is 1. The SMILES string of the molecule is Cc1ccc(SCC(=O)ON2C(=O)c3ccccc3C2=O)c(C)c1. The number of benzene rings is 2. The number of rotatable bonds is 4. The molecule has 2 aromatic rings. The van der Waals surface area contributed by atoms with E-state index in [-0.39, 0.29) is 16.9 Å². The Labute approximate surface area is 143 Å². The summed E-state index contributed by atoms with van der Waals surface area (Å²) >= 11 is 1.31. The van der Waals surface area contributed by atoms with Crippen LogP contribution in [0.1, 0.15) is 31.8 Å². The summed E-state index contributed by atoms with van der Waals surface area (Å²) in [6, 6.07) is 12.3. The monoisotopic (exact) mass is 341 g/mol. The van der Waals surface area contributed by atoms with Crippen LogP contribution >= 0.6 is 11.8 Å². The molecule has 2 aromatic carbocycles. The molecule has 0 saturated carbocycles. The van der Waals surface area contributed by atoms with E-state index in [1.165, 1.54) is 23.9 Å². The Morgan fingerprint density at radius 2 is 1.67 bits per heavy atom. The predicted molar refractivity (Wildman–Crippen MR) is 89.7 cm³/mol. The van der Waals surface area contributed by atoms with Gasteiger partial charge in [0.25, 0.3) is 11.8 Å². The summed E-state index contributed by atoms with van der Waals surface area (Å²) in [6.45, 7) is 3.96. The lowest BCUT2D eigenvalue weighted by molar-refractivity contribution is -0.165. The second kappa shape index (κ2) is 6.49. The van der Waals surface area contributed by atoms with Crippen molar-refractivity contribution in [2.75, 3.05) is 5.75 Å². The van der Waals surface area contributed by atoms with Gasteiger partial charge in [0.2, 0.25) is 0 Å². The maximum absolute atomic E-state index is 12.1. The van der Waals surface area contributed by atoms with Crippen molar-refractivity contribution in [3.8, 4) is 0 Å². The molecular weight excluding hydrogens is 326 g/mol. The zero-order valence-corrected chi connectivity index (χ0v) is 14.1. The second-order valence-corrected chi connectivity index (χ2v) is 6.49. The molecule has 0 bridgehead atoms. The van der Waals surface area contributed by atoms with E-state index >= 15 is 0 Å². The minimum Gasteiger partial charge on any atom is -0.329 e. The molecule has 1 heterocycles. The number of hydrogen-bond donors (Lipinski definition) is 0. The van der Waals surface area contributed by atoms with Crippen molar-refractivity contribution in [2.45, 2.75) is 18.7 Å². The van der Waals surface area contributed by atoms with Crippen molar-refractivity contribution in [3.63, 3.8) is 0 Å². The number of fused-ring (bicyclic) bond motifs is 1. The van der Waals surface area contributed by atoms with Gasteiger partial charge in [0.15, 0.2) is 0 Å². The molecule has 2 amide bonds. The van der Waals surface area contributed by atoms with Crippen LogP contribution in [-0.4, -0.2) is 28.6 Å². The molecule has 0 radical (unpaired) electrons. The first kappa shape index (κ1) is 16.3. The molecule has 0 spiro atoms. The van der Waals surface area contributed by atoms with Gasteiger partial charge in [-0.05, 0) is 37.6 Å². The van der Waals surface area contributed by atoms with Gasteiger partial charge in [0.1, 0.15) is 0 Å². The number of carbonyl (C=O) groups is 3. The topological polar surface area (TPSA) is 63.7 Å². The van der Waals surface area contributed by atoms with Gasteiger partial charge in [-0.2, -0.15) is 0 Å². The zero-order valence-electron chi connectivity index (χ0n) is 13.2. The summed E-state index contributed by atoms with van der Waals surface area (Å²) in [5.74, 6) is -1.85. The maximum atomic E-state index is 12.1. The van der Waals surface area contributed by atoms with Crippen LogP contribution in [-0.2, 0) is 9.63 Å². The summed E-state index contributed by atoms with van der Waals surface area (Å²) in [5.41, 5.74) is 2.70. The Morgan fingerprint density at radius 3 is 2.25 bits per heavy atom. The van der Waals surface area contributed by atoms with Gasteiger partial charge in [0.05, 0.1) is 16.9 Å². The minimum absolute atomic E-state index is 0.0112. The molecule has 0 unspecified atom stereocenters. The quantitative estimate of drug-likeness (QED) is 0.631. The number of thioether (sulfide) groups is 1. The Bertz CT molecular complexity index is 812. The molecule has 1 aliphatic rings. The first-order valence-electron chi connectivity index (χ1n) is 7.36. The van der Waals surface area contributed by atoms with Crippen LogP contribution in [0.5, 0.6) is 0 Å². The Kier molecular flexibility index (Phi) is 4.40. The van der Waals surface area contributed by atoms with Crippen molar-refractivity contribution in [2.24, 2.45) is 0 Å². The number of hydrogen-bond acceptors (Lipinski definition) is 5. The van der Waals surface area contributed by atoms with Gasteiger partial charge in [-0.1, -0.05) is 34.9 Å². The van der Waals surface area contributed by atoms with E-state index in [0.717, 1.165) is 16.0 Å². The molecule has 24 heavy (non-hydrogen) atoms. The number of hydroxylamine groups is 2. The third-order valence-corrected chi connectivity index (χ3v) is 4.77. The maximum Gasteiger partial charge on any atom is 0.343 e.